The maximum Gasteiger partial charge on any atom is 0.157 e. The quantitative estimate of drug-likeness (QED) is 0.174. The van der Waals surface area contributed by atoms with Crippen LogP contribution in [0.15, 0.2) is 108 Å². The molecule has 3 heterocycles. The Morgan fingerprint density at radius 3 is 2.39 bits per heavy atom. The molecule has 0 fully saturated rings. The first-order valence-electron chi connectivity index (χ1n) is 12.3. The van der Waals surface area contributed by atoms with E-state index in [1.807, 2.05) is 72.1 Å². The molecule has 3 aromatic heterocycles. The summed E-state index contributed by atoms with van der Waals surface area (Å²) in [4.78, 5) is 4.59. The van der Waals surface area contributed by atoms with Crippen molar-refractivity contribution in [3.63, 3.8) is 0 Å². The molecule has 0 bridgehead atoms. The summed E-state index contributed by atoms with van der Waals surface area (Å²) in [6, 6.07) is 39.2. The molecule has 1 radical (unpaired) electrons. The van der Waals surface area contributed by atoms with Crippen LogP contribution in [0.25, 0.3) is 53.7 Å². The molecule has 0 aliphatic heterocycles. The molecule has 3 nitrogen and oxygen atoms in total. The average molecular weight is 689 g/mol. The zero-order chi connectivity index (χ0) is 25.2. The van der Waals surface area contributed by atoms with Gasteiger partial charge in [0.15, 0.2) is 5.58 Å². The van der Waals surface area contributed by atoms with Gasteiger partial charge in [0.1, 0.15) is 0 Å². The van der Waals surface area contributed by atoms with Gasteiger partial charge in [-0.1, -0.05) is 67.3 Å². The maximum absolute atomic E-state index is 5.23. The average Bonchev–Trinajstić information content (AvgIpc) is 3.56. The summed E-state index contributed by atoms with van der Waals surface area (Å²) in [6.07, 6.45) is 1.91. The first kappa shape index (κ1) is 26.0. The van der Waals surface area contributed by atoms with Crippen molar-refractivity contribution in [3.8, 4) is 22.5 Å². The van der Waals surface area contributed by atoms with E-state index in [9.17, 15) is 0 Å². The summed E-state index contributed by atoms with van der Waals surface area (Å²) in [7, 11) is 0. The summed E-state index contributed by atoms with van der Waals surface area (Å²) < 4.78 is 7.83. The van der Waals surface area contributed by atoms with E-state index in [-0.39, 0.29) is 20.1 Å². The molecule has 7 rings (SSSR count). The number of thiophene rings is 1. The first-order valence-corrected chi connectivity index (χ1v) is 13.1. The Kier molecular flexibility index (Phi) is 7.80. The van der Waals surface area contributed by atoms with Crippen LogP contribution < -0.4 is 0 Å². The predicted molar refractivity (Wildman–Crippen MR) is 154 cm³/mol. The number of benzene rings is 4. The molecule has 38 heavy (non-hydrogen) atoms. The van der Waals surface area contributed by atoms with Gasteiger partial charge in [-0.05, 0) is 39.9 Å². The van der Waals surface area contributed by atoms with Gasteiger partial charge in [0.05, 0.1) is 0 Å². The molecule has 0 saturated carbocycles. The van der Waals surface area contributed by atoms with Crippen LogP contribution in [0.1, 0.15) is 25.3 Å². The second-order valence-corrected chi connectivity index (χ2v) is 10.2. The number of hydrogen-bond donors (Lipinski definition) is 0. The van der Waals surface area contributed by atoms with Gasteiger partial charge in [0.2, 0.25) is 0 Å². The molecule has 0 atom stereocenters. The summed E-state index contributed by atoms with van der Waals surface area (Å²) in [5.41, 5.74) is 6.07. The molecule has 4 aromatic carbocycles. The monoisotopic (exact) mass is 689 g/mol. The third-order valence-corrected chi connectivity index (χ3v) is 7.59. The molecule has 0 spiro atoms. The summed E-state index contributed by atoms with van der Waals surface area (Å²) in [6.45, 7) is 4.42. The molecule has 0 aliphatic carbocycles. The van der Waals surface area contributed by atoms with Crippen LogP contribution in [-0.4, -0.2) is 10.1 Å². The van der Waals surface area contributed by atoms with Crippen molar-refractivity contribution in [1.82, 2.24) is 10.1 Å². The molecule has 0 unspecified atom stereocenters. The Labute approximate surface area is 239 Å². The standard InChI is InChI=1S/C20H16NS.C13H8NO.Ir/c1-13(2)14-10-11-21-18(12-14)17-8-5-7-16-15-6-3-4-9-19(15)22-20(16)17;1-2-6-10(7-3-1)13-11-8-4-5-9-12(11)15-14-13;/h3-7,9-13H,1-2H3;1-6,8-9H;/q2*-1;. The fourth-order valence-electron chi connectivity index (χ4n) is 4.44. The van der Waals surface area contributed by atoms with Crippen molar-refractivity contribution in [3.05, 3.63) is 121 Å². The second-order valence-electron chi connectivity index (χ2n) is 9.13. The largest absolute Gasteiger partial charge is 0.366 e. The Balaban J connectivity index is 0.000000161. The van der Waals surface area contributed by atoms with Gasteiger partial charge >= 0.3 is 0 Å². The molecule has 0 saturated heterocycles. The fourth-order valence-corrected chi connectivity index (χ4v) is 5.65. The van der Waals surface area contributed by atoms with E-state index in [1.165, 1.54) is 25.7 Å². The number of pyridine rings is 1. The van der Waals surface area contributed by atoms with Crippen LogP contribution in [0.3, 0.4) is 0 Å². The summed E-state index contributed by atoms with van der Waals surface area (Å²) in [5, 5.41) is 7.70. The molecular weight excluding hydrogens is 665 g/mol. The van der Waals surface area contributed by atoms with E-state index in [0.29, 0.717) is 5.92 Å². The Morgan fingerprint density at radius 2 is 1.58 bits per heavy atom. The third kappa shape index (κ3) is 5.06. The van der Waals surface area contributed by atoms with Crippen molar-refractivity contribution >= 4 is 42.5 Å². The number of aromatic nitrogens is 2. The zero-order valence-corrected chi connectivity index (χ0v) is 24.1. The van der Waals surface area contributed by atoms with Crippen molar-refractivity contribution in [2.45, 2.75) is 19.8 Å². The van der Waals surface area contributed by atoms with Crippen LogP contribution in [0.2, 0.25) is 0 Å². The minimum atomic E-state index is 0. The van der Waals surface area contributed by atoms with Gasteiger partial charge < -0.3 is 9.51 Å². The number of nitrogens with zero attached hydrogens (tertiary/aromatic N) is 2. The van der Waals surface area contributed by atoms with Crippen molar-refractivity contribution < 1.29 is 24.6 Å². The van der Waals surface area contributed by atoms with Crippen molar-refractivity contribution in [2.75, 3.05) is 0 Å². The van der Waals surface area contributed by atoms with Crippen molar-refractivity contribution in [2.24, 2.45) is 0 Å². The van der Waals surface area contributed by atoms with E-state index in [2.05, 4.69) is 78.6 Å². The normalized spacial score (nSPS) is 10.9. The van der Waals surface area contributed by atoms with E-state index in [1.54, 1.807) is 0 Å². The SMILES string of the molecule is CC(C)c1ccnc(-c2[c-]ccc3c2sc2ccccc23)c1.[Ir].[c-]1ccccc1-c1noc2ccccc12. The molecule has 0 amide bonds. The Bertz CT molecular complexity index is 1820. The van der Waals surface area contributed by atoms with Crippen LogP contribution in [0.4, 0.5) is 0 Å². The number of fused-ring (bicyclic) bond motifs is 4. The number of hydrogen-bond acceptors (Lipinski definition) is 4. The topological polar surface area (TPSA) is 38.9 Å². The van der Waals surface area contributed by atoms with E-state index >= 15 is 0 Å². The first-order chi connectivity index (χ1) is 18.2. The fraction of sp³-hybridized carbons (Fsp3) is 0.0909. The molecule has 5 heteroatoms. The smallest absolute Gasteiger partial charge is 0.157 e. The van der Waals surface area contributed by atoms with Crippen molar-refractivity contribution in [1.29, 1.82) is 0 Å². The van der Waals surface area contributed by atoms with Gasteiger partial charge in [0, 0.05) is 42.1 Å². The zero-order valence-electron chi connectivity index (χ0n) is 20.9. The predicted octanol–water partition coefficient (Wildman–Crippen LogP) is 9.33. The van der Waals surface area contributed by atoms with Gasteiger partial charge in [-0.3, -0.25) is 0 Å². The Morgan fingerprint density at radius 1 is 0.789 bits per heavy atom. The Hall–Kier alpha value is -3.63. The molecule has 0 aliphatic rings. The second kappa shape index (κ2) is 11.4. The molecular formula is C33H24IrN2OS-2. The number of rotatable bonds is 3. The summed E-state index contributed by atoms with van der Waals surface area (Å²) >= 11 is 1.83. The number of para-hydroxylation sites is 1. The third-order valence-electron chi connectivity index (χ3n) is 6.39. The molecule has 189 valence electrons. The minimum absolute atomic E-state index is 0. The van der Waals surface area contributed by atoms with Gasteiger partial charge in [-0.25, -0.2) is 0 Å². The minimum Gasteiger partial charge on any atom is -0.366 e. The van der Waals surface area contributed by atoms with Crippen LogP contribution >= 0.6 is 11.3 Å². The summed E-state index contributed by atoms with van der Waals surface area (Å²) in [5.74, 6) is 0.503. The van der Waals surface area contributed by atoms with Gasteiger partial charge in [0.25, 0.3) is 0 Å². The van der Waals surface area contributed by atoms with Gasteiger partial charge in [-0.2, -0.15) is 11.3 Å². The van der Waals surface area contributed by atoms with E-state index in [0.717, 1.165) is 33.5 Å². The van der Waals surface area contributed by atoms with Gasteiger partial charge in [-0.15, -0.1) is 64.8 Å². The van der Waals surface area contributed by atoms with Crippen LogP contribution in [-0.2, 0) is 20.1 Å². The molecule has 0 N–H and O–H groups in total. The van der Waals surface area contributed by atoms with E-state index in [4.69, 9.17) is 4.52 Å². The molecule has 7 aromatic rings. The van der Waals surface area contributed by atoms with E-state index < -0.39 is 0 Å². The van der Waals surface area contributed by atoms with Crippen LogP contribution in [0.5, 0.6) is 0 Å². The maximum atomic E-state index is 5.23. The van der Waals surface area contributed by atoms with Crippen LogP contribution in [0, 0.1) is 12.1 Å².